The molecule has 2 aromatic heterocycles. The first-order valence-corrected chi connectivity index (χ1v) is 10.9. The van der Waals surface area contributed by atoms with E-state index in [4.69, 9.17) is 4.98 Å². The number of hydrogen-bond acceptors (Lipinski definition) is 6. The van der Waals surface area contributed by atoms with Crippen molar-refractivity contribution in [3.8, 4) is 0 Å². The second-order valence-electron chi connectivity index (χ2n) is 6.58. The lowest BCUT2D eigenvalue weighted by Gasteiger charge is -2.31. The number of piperidine rings is 1. The van der Waals surface area contributed by atoms with Crippen LogP contribution in [0.5, 0.6) is 0 Å². The smallest absolute Gasteiger partial charge is 0.264 e. The lowest BCUT2D eigenvalue weighted by molar-refractivity contribution is 0.0692. The quantitative estimate of drug-likeness (QED) is 0.796. The van der Waals surface area contributed by atoms with Gasteiger partial charge in [0.25, 0.3) is 5.91 Å². The SMILES string of the molecule is CCN(CC)c1nc2sc(C(=O)N3CCC(CCNC)CC3)cc2s1. The Morgan fingerprint density at radius 1 is 1.32 bits per heavy atom. The van der Waals surface area contributed by atoms with E-state index in [1.165, 1.54) is 6.42 Å². The summed E-state index contributed by atoms with van der Waals surface area (Å²) < 4.78 is 1.14. The van der Waals surface area contributed by atoms with Crippen molar-refractivity contribution < 1.29 is 4.79 Å². The van der Waals surface area contributed by atoms with Crippen LogP contribution in [0, 0.1) is 5.92 Å². The van der Waals surface area contributed by atoms with Crippen LogP contribution in [0.1, 0.15) is 42.8 Å². The van der Waals surface area contributed by atoms with Crippen molar-refractivity contribution >= 4 is 43.2 Å². The van der Waals surface area contributed by atoms with E-state index in [2.05, 4.69) is 24.1 Å². The lowest BCUT2D eigenvalue weighted by atomic mass is 9.93. The number of thiazole rings is 1. The van der Waals surface area contributed by atoms with E-state index in [0.29, 0.717) is 0 Å². The number of carbonyl (C=O) groups is 1. The molecule has 0 unspecified atom stereocenters. The number of anilines is 1. The molecule has 0 aromatic carbocycles. The molecule has 0 spiro atoms. The first-order chi connectivity index (χ1) is 12.2. The predicted octanol–water partition coefficient (Wildman–Crippen LogP) is 3.67. The molecular formula is C18H28N4OS2. The fourth-order valence-corrected chi connectivity index (χ4v) is 5.69. The third-order valence-corrected chi connectivity index (χ3v) is 7.24. The monoisotopic (exact) mass is 380 g/mol. The largest absolute Gasteiger partial charge is 0.349 e. The number of likely N-dealkylation sites (tertiary alicyclic amines) is 1. The van der Waals surface area contributed by atoms with Crippen molar-refractivity contribution in [1.29, 1.82) is 0 Å². The molecule has 25 heavy (non-hydrogen) atoms. The average Bonchev–Trinajstić information content (AvgIpc) is 3.20. The van der Waals surface area contributed by atoms with E-state index >= 15 is 0 Å². The van der Waals surface area contributed by atoms with Crippen molar-refractivity contribution in [2.75, 3.05) is 44.7 Å². The zero-order chi connectivity index (χ0) is 17.8. The van der Waals surface area contributed by atoms with E-state index in [9.17, 15) is 4.79 Å². The molecule has 0 saturated carbocycles. The first-order valence-electron chi connectivity index (χ1n) is 9.25. The Morgan fingerprint density at radius 2 is 2.04 bits per heavy atom. The molecule has 1 aliphatic rings. The van der Waals surface area contributed by atoms with E-state index in [1.807, 2.05) is 18.0 Å². The Kier molecular flexibility index (Phi) is 6.30. The van der Waals surface area contributed by atoms with Crippen LogP contribution in [-0.2, 0) is 0 Å². The number of carbonyl (C=O) groups excluding carboxylic acids is 1. The highest BCUT2D eigenvalue weighted by atomic mass is 32.1. The van der Waals surface area contributed by atoms with Crippen LogP contribution in [0.3, 0.4) is 0 Å². The highest BCUT2D eigenvalue weighted by Gasteiger charge is 2.25. The van der Waals surface area contributed by atoms with Gasteiger partial charge in [-0.1, -0.05) is 11.3 Å². The number of nitrogens with zero attached hydrogens (tertiary/aromatic N) is 3. The van der Waals surface area contributed by atoms with Gasteiger partial charge in [-0.2, -0.15) is 0 Å². The van der Waals surface area contributed by atoms with Gasteiger partial charge in [0.05, 0.1) is 9.58 Å². The molecule has 0 aliphatic carbocycles. The molecule has 1 N–H and O–H groups in total. The van der Waals surface area contributed by atoms with Crippen LogP contribution in [0.4, 0.5) is 5.13 Å². The van der Waals surface area contributed by atoms with E-state index in [1.54, 1.807) is 22.7 Å². The van der Waals surface area contributed by atoms with Gasteiger partial charge in [0.2, 0.25) is 0 Å². The summed E-state index contributed by atoms with van der Waals surface area (Å²) in [6.45, 7) is 9.06. The van der Waals surface area contributed by atoms with Gasteiger partial charge in [-0.15, -0.1) is 11.3 Å². The summed E-state index contributed by atoms with van der Waals surface area (Å²) in [5, 5.41) is 4.28. The highest BCUT2D eigenvalue weighted by molar-refractivity contribution is 7.29. The molecule has 2 aromatic rings. The van der Waals surface area contributed by atoms with E-state index in [-0.39, 0.29) is 5.91 Å². The maximum atomic E-state index is 12.8. The maximum Gasteiger partial charge on any atom is 0.264 e. The highest BCUT2D eigenvalue weighted by Crippen LogP contribution is 2.35. The number of fused-ring (bicyclic) bond motifs is 1. The topological polar surface area (TPSA) is 48.5 Å². The van der Waals surface area contributed by atoms with Crippen LogP contribution in [0.25, 0.3) is 9.53 Å². The van der Waals surface area contributed by atoms with Gasteiger partial charge in [-0.05, 0) is 58.7 Å². The number of rotatable bonds is 7. The number of aromatic nitrogens is 1. The minimum atomic E-state index is 0.187. The molecule has 5 nitrogen and oxygen atoms in total. The first kappa shape index (κ1) is 18.6. The van der Waals surface area contributed by atoms with Gasteiger partial charge in [0.1, 0.15) is 4.83 Å². The summed E-state index contributed by atoms with van der Waals surface area (Å²) in [5.41, 5.74) is 0. The fourth-order valence-electron chi connectivity index (χ4n) is 3.39. The van der Waals surface area contributed by atoms with Gasteiger partial charge in [-0.25, -0.2) is 4.98 Å². The van der Waals surface area contributed by atoms with Crippen LogP contribution >= 0.6 is 22.7 Å². The summed E-state index contributed by atoms with van der Waals surface area (Å²) in [4.78, 5) is 23.7. The molecule has 0 bridgehead atoms. The Balaban J connectivity index is 1.64. The second-order valence-corrected chi connectivity index (χ2v) is 8.62. The third kappa shape index (κ3) is 4.15. The zero-order valence-electron chi connectivity index (χ0n) is 15.4. The van der Waals surface area contributed by atoms with Crippen molar-refractivity contribution in [2.45, 2.75) is 33.1 Å². The minimum Gasteiger partial charge on any atom is -0.349 e. The van der Waals surface area contributed by atoms with Crippen molar-refractivity contribution in [2.24, 2.45) is 5.92 Å². The fraction of sp³-hybridized carbons (Fsp3) is 0.667. The molecule has 1 fully saturated rings. The molecule has 1 saturated heterocycles. The summed E-state index contributed by atoms with van der Waals surface area (Å²) >= 11 is 3.24. The van der Waals surface area contributed by atoms with Crippen LogP contribution in [0.15, 0.2) is 6.07 Å². The van der Waals surface area contributed by atoms with Crippen molar-refractivity contribution in [3.05, 3.63) is 10.9 Å². The molecular weight excluding hydrogens is 352 g/mol. The number of hydrogen-bond donors (Lipinski definition) is 1. The molecule has 0 atom stereocenters. The molecule has 3 rings (SSSR count). The number of thiophene rings is 1. The molecule has 1 aliphatic heterocycles. The standard InChI is InChI=1S/C18H28N4OS2/c1-4-21(5-2)18-20-16-14(25-18)12-15(24-16)17(23)22-10-7-13(8-11-22)6-9-19-3/h12-13,19H,4-11H2,1-3H3. The minimum absolute atomic E-state index is 0.187. The average molecular weight is 381 g/mol. The Hall–Kier alpha value is -1.18. The Labute approximate surface area is 158 Å². The maximum absolute atomic E-state index is 12.8. The zero-order valence-corrected chi connectivity index (χ0v) is 17.0. The number of amides is 1. The van der Waals surface area contributed by atoms with Crippen molar-refractivity contribution in [3.63, 3.8) is 0 Å². The number of nitrogens with one attached hydrogen (secondary N) is 1. The molecule has 0 radical (unpaired) electrons. The Morgan fingerprint density at radius 3 is 2.64 bits per heavy atom. The van der Waals surface area contributed by atoms with Crippen molar-refractivity contribution in [1.82, 2.24) is 15.2 Å². The Bertz CT molecular complexity index is 668. The predicted molar refractivity (Wildman–Crippen MR) is 108 cm³/mol. The van der Waals surface area contributed by atoms with Crippen LogP contribution in [-0.4, -0.2) is 55.6 Å². The van der Waals surface area contributed by atoms with E-state index < -0.39 is 0 Å². The summed E-state index contributed by atoms with van der Waals surface area (Å²) in [6.07, 6.45) is 3.46. The van der Waals surface area contributed by atoms with Gasteiger partial charge >= 0.3 is 0 Å². The van der Waals surface area contributed by atoms with Gasteiger partial charge in [0, 0.05) is 26.2 Å². The third-order valence-electron chi connectivity index (χ3n) is 5.03. The van der Waals surface area contributed by atoms with Crippen LogP contribution < -0.4 is 10.2 Å². The summed E-state index contributed by atoms with van der Waals surface area (Å²) in [5.74, 6) is 0.938. The lowest BCUT2D eigenvalue weighted by Crippen LogP contribution is -2.38. The molecule has 7 heteroatoms. The van der Waals surface area contributed by atoms with E-state index in [0.717, 1.165) is 71.0 Å². The van der Waals surface area contributed by atoms with Gasteiger partial charge < -0.3 is 15.1 Å². The molecule has 138 valence electrons. The second kappa shape index (κ2) is 8.47. The normalized spacial score (nSPS) is 15.9. The van der Waals surface area contributed by atoms with Crippen LogP contribution in [0.2, 0.25) is 0 Å². The molecule has 1 amide bonds. The summed E-state index contributed by atoms with van der Waals surface area (Å²) in [6, 6.07) is 2.04. The van der Waals surface area contributed by atoms with Gasteiger partial charge in [0.15, 0.2) is 5.13 Å². The molecule has 3 heterocycles. The van der Waals surface area contributed by atoms with Gasteiger partial charge in [-0.3, -0.25) is 4.79 Å². The summed E-state index contributed by atoms with van der Waals surface area (Å²) in [7, 11) is 2.00.